The zero-order valence-corrected chi connectivity index (χ0v) is 3.22. The van der Waals surface area contributed by atoms with E-state index in [0.29, 0.717) is 0 Å². The lowest BCUT2D eigenvalue weighted by molar-refractivity contribution is -0.151. The molecule has 1 rings (SSSR count). The molecule has 0 spiro atoms. The van der Waals surface area contributed by atoms with Crippen LogP contribution in [-0.2, 0) is 14.3 Å². The molecule has 0 aliphatic carbocycles. The normalized spacial score (nSPS) is 42.9. The van der Waals surface area contributed by atoms with E-state index in [2.05, 4.69) is 4.74 Å². The summed E-state index contributed by atoms with van der Waals surface area (Å²) in [6.07, 6.45) is -5.71. The molecule has 0 saturated carbocycles. The van der Waals surface area contributed by atoms with Crippen molar-refractivity contribution in [3.05, 3.63) is 0 Å². The van der Waals surface area contributed by atoms with Crippen LogP contribution in [0, 0.1) is 0 Å². The predicted molar refractivity (Wildman–Crippen MR) is 20.3 cm³/mol. The van der Waals surface area contributed by atoms with Crippen molar-refractivity contribution in [1.29, 1.82) is 0 Å². The largest absolute Gasteiger partial charge is 0.393 e. The Kier molecular flexibility index (Phi) is 0.300. The third kappa shape index (κ3) is 0.765. The number of hydrogen-bond acceptors (Lipinski definition) is 3. The Labute approximate surface area is 45.9 Å². The van der Waals surface area contributed by atoms with Gasteiger partial charge < -0.3 is 4.74 Å². The summed E-state index contributed by atoms with van der Waals surface area (Å²) >= 11 is 0. The second-order valence-corrected chi connectivity index (χ2v) is 0.927. The Hall–Kier alpha value is -0.860. The van der Waals surface area contributed by atoms with Crippen LogP contribution >= 0.6 is 0 Å². The van der Waals surface area contributed by atoms with Crippen LogP contribution in [-0.4, -0.2) is 11.9 Å². The summed E-state index contributed by atoms with van der Waals surface area (Å²) in [5.41, 5.74) is 0. The van der Waals surface area contributed by atoms with E-state index in [1.165, 1.54) is 0 Å². The number of hydrogen-bond donors (Lipinski definition) is 0. The molecule has 0 N–H and O–H groups in total. The third-order valence-corrected chi connectivity index (χ3v) is 0.452. The third-order valence-electron chi connectivity index (χ3n) is 0.452. The van der Waals surface area contributed by atoms with Crippen molar-refractivity contribution < 1.29 is 19.8 Å². The molecule has 0 amide bonds. The first-order chi connectivity index (χ1) is 4.80. The molecular formula is C4H4O3. The fourth-order valence-electron chi connectivity index (χ4n) is 0.237. The molecule has 0 aromatic heterocycles. The van der Waals surface area contributed by atoms with Gasteiger partial charge in [-0.1, -0.05) is 0 Å². The summed E-state index contributed by atoms with van der Waals surface area (Å²) in [5, 5.41) is 0. The SMILES string of the molecule is [2H]C1([2H])C(=O)OC(=O)C1([2H])[2H]. The minimum atomic E-state index is -2.86. The molecule has 3 heteroatoms. The van der Waals surface area contributed by atoms with Gasteiger partial charge in [0.2, 0.25) is 0 Å². The summed E-state index contributed by atoms with van der Waals surface area (Å²) < 4.78 is 31.1. The standard InChI is InChI=1S/C4H4O3/c5-3-1-2-4(6)7-3/h1-2H2/i1D2,2D2. The molecule has 0 radical (unpaired) electrons. The van der Waals surface area contributed by atoms with Crippen LogP contribution < -0.4 is 0 Å². The summed E-state index contributed by atoms with van der Waals surface area (Å²) in [6.45, 7) is 0. The van der Waals surface area contributed by atoms with Gasteiger partial charge in [0.05, 0.1) is 12.7 Å². The highest BCUT2D eigenvalue weighted by atomic mass is 16.6. The van der Waals surface area contributed by atoms with Gasteiger partial charge in [0, 0.05) is 5.48 Å². The second kappa shape index (κ2) is 1.33. The maximum absolute atomic E-state index is 10.5. The van der Waals surface area contributed by atoms with E-state index in [1.54, 1.807) is 0 Å². The molecule has 0 bridgehead atoms. The van der Waals surface area contributed by atoms with Crippen molar-refractivity contribution in [3.63, 3.8) is 0 Å². The van der Waals surface area contributed by atoms with Crippen LogP contribution in [0.3, 0.4) is 0 Å². The van der Waals surface area contributed by atoms with Crippen molar-refractivity contribution in [2.45, 2.75) is 12.7 Å². The Morgan fingerprint density at radius 3 is 2.00 bits per heavy atom. The van der Waals surface area contributed by atoms with E-state index in [9.17, 15) is 9.59 Å². The molecule has 1 aliphatic rings. The van der Waals surface area contributed by atoms with Crippen molar-refractivity contribution >= 4 is 11.9 Å². The van der Waals surface area contributed by atoms with Gasteiger partial charge in [0.1, 0.15) is 0 Å². The zero-order chi connectivity index (χ0) is 8.86. The molecule has 38 valence electrons. The maximum Gasteiger partial charge on any atom is 0.314 e. The topological polar surface area (TPSA) is 43.4 Å². The average Bonchev–Trinajstić information content (AvgIpc) is 1.95. The molecule has 1 aliphatic heterocycles. The molecule has 3 nitrogen and oxygen atoms in total. The smallest absolute Gasteiger partial charge is 0.314 e. The first kappa shape index (κ1) is 1.58. The van der Waals surface area contributed by atoms with Crippen molar-refractivity contribution in [2.75, 3.05) is 0 Å². The Morgan fingerprint density at radius 2 is 1.86 bits per heavy atom. The van der Waals surface area contributed by atoms with Crippen LogP contribution in [0.25, 0.3) is 0 Å². The van der Waals surface area contributed by atoms with Gasteiger partial charge in [-0.05, 0) is 0 Å². The highest BCUT2D eigenvalue weighted by Crippen LogP contribution is 2.03. The average molecular weight is 104 g/mol. The van der Waals surface area contributed by atoms with Gasteiger partial charge >= 0.3 is 11.9 Å². The summed E-state index contributed by atoms with van der Waals surface area (Å²) in [4.78, 5) is 20.9. The molecule has 0 atom stereocenters. The zero-order valence-electron chi connectivity index (χ0n) is 7.22. The van der Waals surface area contributed by atoms with Gasteiger partial charge in [-0.25, -0.2) is 0 Å². The van der Waals surface area contributed by atoms with Crippen LogP contribution in [0.4, 0.5) is 0 Å². The maximum atomic E-state index is 10.5. The molecule has 0 aromatic carbocycles. The molecule has 7 heavy (non-hydrogen) atoms. The number of ether oxygens (including phenoxy) is 1. The number of esters is 2. The van der Waals surface area contributed by atoms with E-state index < -0.39 is 24.7 Å². The number of rotatable bonds is 0. The first-order valence-electron chi connectivity index (χ1n) is 3.57. The van der Waals surface area contributed by atoms with E-state index in [1.807, 2.05) is 0 Å². The van der Waals surface area contributed by atoms with Crippen molar-refractivity contribution in [3.8, 4) is 0 Å². The first-order valence-corrected chi connectivity index (χ1v) is 1.57. The molecule has 1 heterocycles. The summed E-state index contributed by atoms with van der Waals surface area (Å²) in [5.74, 6) is -2.93. The molecule has 1 saturated heterocycles. The van der Waals surface area contributed by atoms with Crippen LogP contribution in [0.5, 0.6) is 0 Å². The molecule has 1 fully saturated rings. The lowest BCUT2D eigenvalue weighted by atomic mass is 10.4. The molecular weight excluding hydrogens is 96.0 g/mol. The van der Waals surface area contributed by atoms with E-state index in [4.69, 9.17) is 5.48 Å². The Morgan fingerprint density at radius 1 is 1.43 bits per heavy atom. The number of carbonyl (C=O) groups is 2. The fraction of sp³-hybridized carbons (Fsp3) is 0.500. The van der Waals surface area contributed by atoms with E-state index in [-0.39, 0.29) is 0 Å². The fourth-order valence-corrected chi connectivity index (χ4v) is 0.237. The highest BCUT2D eigenvalue weighted by Gasteiger charge is 2.19. The quantitative estimate of drug-likeness (QED) is 0.317. The van der Waals surface area contributed by atoms with Crippen LogP contribution in [0.1, 0.15) is 18.2 Å². The second-order valence-electron chi connectivity index (χ2n) is 0.927. The molecule has 0 aromatic rings. The molecule has 0 unspecified atom stereocenters. The van der Waals surface area contributed by atoms with Gasteiger partial charge in [0.25, 0.3) is 0 Å². The van der Waals surface area contributed by atoms with E-state index >= 15 is 0 Å². The summed E-state index contributed by atoms with van der Waals surface area (Å²) in [7, 11) is 0. The summed E-state index contributed by atoms with van der Waals surface area (Å²) in [6, 6.07) is 0. The van der Waals surface area contributed by atoms with Crippen LogP contribution in [0.15, 0.2) is 0 Å². The van der Waals surface area contributed by atoms with Gasteiger partial charge in [0.15, 0.2) is 0 Å². The highest BCUT2D eigenvalue weighted by molar-refractivity contribution is 5.92. The predicted octanol–water partition coefficient (Wildman–Crippen LogP) is -0.150. The van der Waals surface area contributed by atoms with Crippen molar-refractivity contribution in [1.82, 2.24) is 0 Å². The Bertz CT molecular complexity index is 209. The lowest BCUT2D eigenvalue weighted by Gasteiger charge is -1.79. The minimum Gasteiger partial charge on any atom is -0.393 e. The number of carbonyl (C=O) groups excluding carboxylic acids is 2. The van der Waals surface area contributed by atoms with Gasteiger partial charge in [-0.2, -0.15) is 0 Å². The monoisotopic (exact) mass is 104 g/mol. The van der Waals surface area contributed by atoms with Crippen LogP contribution in [0.2, 0.25) is 0 Å². The van der Waals surface area contributed by atoms with Gasteiger partial charge in [-0.15, -0.1) is 0 Å². The number of cyclic esters (lactones) is 2. The van der Waals surface area contributed by atoms with Crippen molar-refractivity contribution in [2.24, 2.45) is 0 Å². The minimum absolute atomic E-state index is 1.47. The Balaban J connectivity index is 3.15. The lowest BCUT2D eigenvalue weighted by Crippen LogP contribution is -1.94. The van der Waals surface area contributed by atoms with E-state index in [0.717, 1.165) is 0 Å². The van der Waals surface area contributed by atoms with Gasteiger partial charge in [-0.3, -0.25) is 9.59 Å².